The fraction of sp³-hybridized carbons (Fsp3) is 0. The molecule has 4 rings (SSSR count). The molecule has 1 N–H and O–H groups in total. The maximum Gasteiger partial charge on any atom is 0.266 e. The first-order chi connectivity index (χ1) is 14.9. The van der Waals surface area contributed by atoms with E-state index < -0.39 is 5.91 Å². The molecule has 150 valence electrons. The van der Waals surface area contributed by atoms with Crippen molar-refractivity contribution < 1.29 is 14.4 Å². The average molecular weight is 447 g/mol. The highest BCUT2D eigenvalue weighted by Gasteiger charge is 2.29. The van der Waals surface area contributed by atoms with E-state index in [1.807, 2.05) is 6.07 Å². The third kappa shape index (κ3) is 3.87. The van der Waals surface area contributed by atoms with Gasteiger partial charge in [0.1, 0.15) is 11.6 Å². The third-order valence-electron chi connectivity index (χ3n) is 4.81. The van der Waals surface area contributed by atoms with Gasteiger partial charge in [0.15, 0.2) is 11.6 Å². The lowest BCUT2D eigenvalue weighted by Gasteiger charge is -2.18. The minimum Gasteiger partial charge on any atom is -0.321 e. The number of benzene rings is 3. The number of nitriles is 1. The molecule has 0 bridgehead atoms. The van der Waals surface area contributed by atoms with Crippen molar-refractivity contribution >= 4 is 52.4 Å². The summed E-state index contributed by atoms with van der Waals surface area (Å²) in [5, 5.41) is 12.7. The number of ketones is 2. The second-order valence-electron chi connectivity index (χ2n) is 6.75. The number of rotatable bonds is 3. The first-order valence-corrected chi connectivity index (χ1v) is 9.85. The van der Waals surface area contributed by atoms with E-state index in [1.165, 1.54) is 30.3 Å². The van der Waals surface area contributed by atoms with Crippen LogP contribution in [0.15, 0.2) is 66.2 Å². The fourth-order valence-electron chi connectivity index (χ4n) is 3.30. The first-order valence-electron chi connectivity index (χ1n) is 9.09. The molecule has 0 heterocycles. The van der Waals surface area contributed by atoms with Gasteiger partial charge in [-0.2, -0.15) is 5.26 Å². The molecule has 0 spiro atoms. The van der Waals surface area contributed by atoms with E-state index in [2.05, 4.69) is 5.32 Å². The summed E-state index contributed by atoms with van der Waals surface area (Å²) in [6.45, 7) is 0. The number of nitrogens with zero attached hydrogens (tertiary/aromatic N) is 1. The van der Waals surface area contributed by atoms with E-state index in [1.54, 1.807) is 36.4 Å². The summed E-state index contributed by atoms with van der Waals surface area (Å²) in [7, 11) is 0. The highest BCUT2D eigenvalue weighted by Crippen LogP contribution is 2.29. The Labute approximate surface area is 187 Å². The molecule has 0 aromatic heterocycles. The van der Waals surface area contributed by atoms with Crippen LogP contribution in [-0.2, 0) is 4.79 Å². The SMILES string of the molecule is N#C/C(=C\c1ccc(Cl)cc1Cl)C(=O)Nc1ccc2c(c1)C(=O)c1ccccc1C2=O. The highest BCUT2D eigenvalue weighted by molar-refractivity contribution is 6.35. The van der Waals surface area contributed by atoms with Crippen LogP contribution in [0, 0.1) is 11.3 Å². The second kappa shape index (κ2) is 8.19. The van der Waals surface area contributed by atoms with Crippen LogP contribution in [0.1, 0.15) is 37.4 Å². The van der Waals surface area contributed by atoms with Crippen molar-refractivity contribution in [3.05, 3.63) is 104 Å². The predicted octanol–water partition coefficient (Wildman–Crippen LogP) is 5.31. The van der Waals surface area contributed by atoms with Crippen molar-refractivity contribution in [1.82, 2.24) is 0 Å². The van der Waals surface area contributed by atoms with Crippen LogP contribution in [-0.4, -0.2) is 17.5 Å². The van der Waals surface area contributed by atoms with Gasteiger partial charge >= 0.3 is 0 Å². The molecule has 0 saturated heterocycles. The second-order valence-corrected chi connectivity index (χ2v) is 7.60. The molecule has 31 heavy (non-hydrogen) atoms. The van der Waals surface area contributed by atoms with Gasteiger partial charge in [0.25, 0.3) is 5.91 Å². The van der Waals surface area contributed by atoms with E-state index in [4.69, 9.17) is 23.2 Å². The number of carbonyl (C=O) groups is 3. The highest BCUT2D eigenvalue weighted by atomic mass is 35.5. The molecule has 7 heteroatoms. The summed E-state index contributed by atoms with van der Waals surface area (Å²) in [5.74, 6) is -1.23. The van der Waals surface area contributed by atoms with Crippen molar-refractivity contribution in [3.63, 3.8) is 0 Å². The minimum absolute atomic E-state index is 0.185. The zero-order valence-electron chi connectivity index (χ0n) is 15.8. The monoisotopic (exact) mass is 446 g/mol. The fourth-order valence-corrected chi connectivity index (χ4v) is 3.76. The van der Waals surface area contributed by atoms with Crippen LogP contribution >= 0.6 is 23.2 Å². The molecule has 0 fully saturated rings. The van der Waals surface area contributed by atoms with Crippen molar-refractivity contribution in [2.45, 2.75) is 0 Å². The molecular formula is C24H12Cl2N2O3. The number of nitrogens with one attached hydrogen (secondary N) is 1. The van der Waals surface area contributed by atoms with Crippen LogP contribution in [0.2, 0.25) is 10.0 Å². The van der Waals surface area contributed by atoms with E-state index in [0.29, 0.717) is 26.7 Å². The van der Waals surface area contributed by atoms with Gasteiger partial charge in [0, 0.05) is 38.0 Å². The Balaban J connectivity index is 1.64. The summed E-state index contributed by atoms with van der Waals surface area (Å²) in [4.78, 5) is 38.1. The molecule has 3 aromatic carbocycles. The van der Waals surface area contributed by atoms with Gasteiger partial charge in [0.05, 0.1) is 0 Å². The number of amides is 1. The summed E-state index contributed by atoms with van der Waals surface area (Å²) in [6.07, 6.45) is 1.34. The molecule has 3 aromatic rings. The zero-order chi connectivity index (χ0) is 22.1. The van der Waals surface area contributed by atoms with Crippen LogP contribution in [0.5, 0.6) is 0 Å². The van der Waals surface area contributed by atoms with E-state index in [0.717, 1.165) is 0 Å². The zero-order valence-corrected chi connectivity index (χ0v) is 17.3. The molecule has 1 amide bonds. The standard InChI is InChI=1S/C24H12Cl2N2O3/c25-15-6-5-13(21(26)10-15)9-14(12-27)24(31)28-16-7-8-19-20(11-16)23(30)18-4-2-1-3-17(18)22(19)29/h1-11H,(H,28,31)/b14-9+. The van der Waals surface area contributed by atoms with Gasteiger partial charge in [-0.25, -0.2) is 0 Å². The quantitative estimate of drug-likeness (QED) is 0.341. The normalized spacial score (nSPS) is 12.6. The largest absolute Gasteiger partial charge is 0.321 e. The van der Waals surface area contributed by atoms with Gasteiger partial charge in [-0.05, 0) is 42.0 Å². The first kappa shape index (κ1) is 20.5. The summed E-state index contributed by atoms with van der Waals surface area (Å²) in [5.41, 5.74) is 1.70. The molecular weight excluding hydrogens is 435 g/mol. The molecule has 5 nitrogen and oxygen atoms in total. The number of hydrogen-bond acceptors (Lipinski definition) is 4. The molecule has 1 aliphatic rings. The molecule has 1 aliphatic carbocycles. The minimum atomic E-state index is -0.677. The van der Waals surface area contributed by atoms with E-state index in [-0.39, 0.29) is 34.0 Å². The molecule has 0 radical (unpaired) electrons. The van der Waals surface area contributed by atoms with E-state index in [9.17, 15) is 19.6 Å². The van der Waals surface area contributed by atoms with Crippen molar-refractivity contribution in [3.8, 4) is 6.07 Å². The third-order valence-corrected chi connectivity index (χ3v) is 5.37. The smallest absolute Gasteiger partial charge is 0.266 e. The predicted molar refractivity (Wildman–Crippen MR) is 118 cm³/mol. The Morgan fingerprint density at radius 2 is 1.52 bits per heavy atom. The lowest BCUT2D eigenvalue weighted by molar-refractivity contribution is -0.112. The van der Waals surface area contributed by atoms with Crippen molar-refractivity contribution in [2.24, 2.45) is 0 Å². The summed E-state index contributed by atoms with van der Waals surface area (Å²) in [6, 6.07) is 17.6. The van der Waals surface area contributed by atoms with Crippen LogP contribution < -0.4 is 5.32 Å². The topological polar surface area (TPSA) is 87.0 Å². The maximum atomic E-state index is 12.8. The van der Waals surface area contributed by atoms with Gasteiger partial charge in [0.2, 0.25) is 0 Å². The van der Waals surface area contributed by atoms with Gasteiger partial charge in [-0.15, -0.1) is 0 Å². The molecule has 0 saturated carbocycles. The molecule has 0 aliphatic heterocycles. The number of hydrogen-bond donors (Lipinski definition) is 1. The van der Waals surface area contributed by atoms with Crippen LogP contribution in [0.3, 0.4) is 0 Å². The summed E-state index contributed by atoms with van der Waals surface area (Å²) >= 11 is 12.0. The Kier molecular flexibility index (Phi) is 5.43. The lowest BCUT2D eigenvalue weighted by atomic mass is 9.84. The average Bonchev–Trinajstić information content (AvgIpc) is 2.77. The Hall–Kier alpha value is -3.72. The van der Waals surface area contributed by atoms with E-state index >= 15 is 0 Å². The molecule has 0 unspecified atom stereocenters. The summed E-state index contributed by atoms with van der Waals surface area (Å²) < 4.78 is 0. The van der Waals surface area contributed by atoms with Crippen LogP contribution in [0.4, 0.5) is 5.69 Å². The van der Waals surface area contributed by atoms with Gasteiger partial charge < -0.3 is 5.32 Å². The molecule has 0 atom stereocenters. The van der Waals surface area contributed by atoms with Crippen molar-refractivity contribution in [1.29, 1.82) is 5.26 Å². The maximum absolute atomic E-state index is 12.8. The number of anilines is 1. The number of fused-ring (bicyclic) bond motifs is 2. The van der Waals surface area contributed by atoms with Crippen LogP contribution in [0.25, 0.3) is 6.08 Å². The number of halogens is 2. The van der Waals surface area contributed by atoms with Crippen molar-refractivity contribution in [2.75, 3.05) is 5.32 Å². The lowest BCUT2D eigenvalue weighted by Crippen LogP contribution is -2.21. The Morgan fingerprint density at radius 3 is 2.16 bits per heavy atom. The Morgan fingerprint density at radius 1 is 0.871 bits per heavy atom. The van der Waals surface area contributed by atoms with Gasteiger partial charge in [-0.3, -0.25) is 14.4 Å². The Bertz CT molecular complexity index is 1350. The number of carbonyl (C=O) groups excluding carboxylic acids is 3. The van der Waals surface area contributed by atoms with Gasteiger partial charge in [-0.1, -0.05) is 53.5 Å².